The molecule has 0 N–H and O–H groups in total. The van der Waals surface area contributed by atoms with Gasteiger partial charge in [0.25, 0.3) is 0 Å². The van der Waals surface area contributed by atoms with Crippen molar-refractivity contribution in [2.24, 2.45) is 0 Å². The number of allylic oxidation sites excluding steroid dienone is 4. The van der Waals surface area contributed by atoms with E-state index in [2.05, 4.69) is 39.0 Å². The molecule has 0 aromatic rings. The number of hydrogen-bond donors (Lipinski definition) is 0. The average molecular weight is 110 g/mol. The third kappa shape index (κ3) is 5.48. The molecule has 8 heavy (non-hydrogen) atoms. The fourth-order valence-electron chi connectivity index (χ4n) is 0.397. The first-order chi connectivity index (χ1) is 3.77. The maximum absolute atomic E-state index is 2.15. The van der Waals surface area contributed by atoms with Crippen molar-refractivity contribution in [1.82, 2.24) is 0 Å². The molecule has 0 heterocycles. The molecule has 0 unspecified atom stereocenters. The number of hydrogen-bond acceptors (Lipinski definition) is 0. The molecule has 0 bridgehead atoms. The lowest BCUT2D eigenvalue weighted by Crippen LogP contribution is -1.58. The highest BCUT2D eigenvalue weighted by atomic mass is 13.7. The smallest absolute Gasteiger partial charge is 0.0376 e. The quantitative estimate of drug-likeness (QED) is 0.479. The first-order valence-corrected chi connectivity index (χ1v) is 3.07. The minimum atomic E-state index is 1.13. The third-order valence-corrected chi connectivity index (χ3v) is 0.801. The maximum Gasteiger partial charge on any atom is -0.0376 e. The Kier molecular flexibility index (Phi) is 4.33. The normalized spacial score (nSPS) is 9.88. The first kappa shape index (κ1) is 7.48. The largest absolute Gasteiger partial charge is 0.0848 e. The van der Waals surface area contributed by atoms with Gasteiger partial charge >= 0.3 is 0 Å². The molecule has 0 aliphatic rings. The van der Waals surface area contributed by atoms with Crippen LogP contribution in [0.3, 0.4) is 0 Å². The Balaban J connectivity index is 3.42. The van der Waals surface area contributed by atoms with Gasteiger partial charge in [0, 0.05) is 0 Å². The van der Waals surface area contributed by atoms with Crippen molar-refractivity contribution in [3.8, 4) is 0 Å². The van der Waals surface area contributed by atoms with Crippen LogP contribution in [-0.2, 0) is 0 Å². The summed E-state index contributed by atoms with van der Waals surface area (Å²) in [7, 11) is 0. The summed E-state index contributed by atoms with van der Waals surface area (Å²) in [5.74, 6) is 0. The van der Waals surface area contributed by atoms with Gasteiger partial charge in [0.2, 0.25) is 0 Å². The van der Waals surface area contributed by atoms with E-state index in [0.717, 1.165) is 6.42 Å². The van der Waals surface area contributed by atoms with E-state index in [1.807, 2.05) is 0 Å². The monoisotopic (exact) mass is 110 g/mol. The molecule has 0 heteroatoms. The summed E-state index contributed by atoms with van der Waals surface area (Å²) >= 11 is 0. The molecule has 0 aromatic heterocycles. The van der Waals surface area contributed by atoms with Crippen molar-refractivity contribution in [3.05, 3.63) is 23.8 Å². The van der Waals surface area contributed by atoms with Gasteiger partial charge in [0.15, 0.2) is 0 Å². The minimum absolute atomic E-state index is 1.13. The van der Waals surface area contributed by atoms with Crippen LogP contribution in [0.25, 0.3) is 0 Å². The molecule has 46 valence electrons. The Morgan fingerprint density at radius 1 is 1.38 bits per heavy atom. The van der Waals surface area contributed by atoms with E-state index in [1.165, 1.54) is 5.57 Å². The summed E-state index contributed by atoms with van der Waals surface area (Å²) in [4.78, 5) is 0. The van der Waals surface area contributed by atoms with E-state index in [1.54, 1.807) is 0 Å². The first-order valence-electron chi connectivity index (χ1n) is 3.07. The van der Waals surface area contributed by atoms with Crippen LogP contribution >= 0.6 is 0 Å². The van der Waals surface area contributed by atoms with E-state index >= 15 is 0 Å². The Bertz CT molecular complexity index is 92.6. The van der Waals surface area contributed by atoms with Crippen LogP contribution in [-0.4, -0.2) is 0 Å². The van der Waals surface area contributed by atoms with Crippen molar-refractivity contribution in [2.75, 3.05) is 0 Å². The van der Waals surface area contributed by atoms with Gasteiger partial charge in [-0.2, -0.15) is 0 Å². The summed E-state index contributed by atoms with van der Waals surface area (Å²) in [6.07, 6.45) is 7.48. The predicted molar refractivity (Wildman–Crippen MR) is 38.9 cm³/mol. The molecule has 0 aromatic carbocycles. The topological polar surface area (TPSA) is 0 Å². The van der Waals surface area contributed by atoms with Crippen LogP contribution in [0.1, 0.15) is 27.2 Å². The van der Waals surface area contributed by atoms with Crippen LogP contribution in [0.2, 0.25) is 0 Å². The Morgan fingerprint density at radius 3 is 2.38 bits per heavy atom. The number of rotatable bonds is 2. The molecule has 0 fully saturated rings. The van der Waals surface area contributed by atoms with Gasteiger partial charge in [-0.05, 0) is 20.3 Å². The maximum atomic E-state index is 2.15. The second-order valence-electron chi connectivity index (χ2n) is 2.08. The van der Waals surface area contributed by atoms with Crippen molar-refractivity contribution in [1.29, 1.82) is 0 Å². The standard InChI is InChI=1S/C8H14/c1-4-5-6-7-8(2)3/h5-7H,4H2,1-3H3/b6-5+. The molecule has 0 aliphatic carbocycles. The van der Waals surface area contributed by atoms with Crippen molar-refractivity contribution >= 4 is 0 Å². The van der Waals surface area contributed by atoms with Crippen molar-refractivity contribution < 1.29 is 0 Å². The van der Waals surface area contributed by atoms with Crippen molar-refractivity contribution in [2.45, 2.75) is 27.2 Å². The highest BCUT2D eigenvalue weighted by Crippen LogP contribution is 1.89. The lowest BCUT2D eigenvalue weighted by molar-refractivity contribution is 1.22. The molecule has 0 rings (SSSR count). The Labute approximate surface area is 51.9 Å². The molecule has 0 aliphatic heterocycles. The fourth-order valence-corrected chi connectivity index (χ4v) is 0.397. The molecule has 0 spiro atoms. The van der Waals surface area contributed by atoms with Gasteiger partial charge in [0.05, 0.1) is 0 Å². The molecular formula is C8H14. The predicted octanol–water partition coefficient (Wildman–Crippen LogP) is 2.92. The highest BCUT2D eigenvalue weighted by molar-refractivity contribution is 5.07. The molecule has 0 atom stereocenters. The zero-order valence-electron chi connectivity index (χ0n) is 5.94. The van der Waals surface area contributed by atoms with E-state index in [4.69, 9.17) is 0 Å². The summed E-state index contributed by atoms with van der Waals surface area (Å²) in [6, 6.07) is 0. The van der Waals surface area contributed by atoms with Crippen LogP contribution in [0.15, 0.2) is 23.8 Å². The van der Waals surface area contributed by atoms with Crippen LogP contribution < -0.4 is 0 Å². The van der Waals surface area contributed by atoms with E-state index in [9.17, 15) is 0 Å². The van der Waals surface area contributed by atoms with Gasteiger partial charge in [-0.15, -0.1) is 0 Å². The van der Waals surface area contributed by atoms with E-state index in [0.29, 0.717) is 0 Å². The van der Waals surface area contributed by atoms with Crippen molar-refractivity contribution in [3.63, 3.8) is 0 Å². The third-order valence-electron chi connectivity index (χ3n) is 0.801. The van der Waals surface area contributed by atoms with E-state index in [-0.39, 0.29) is 0 Å². The molecule has 0 radical (unpaired) electrons. The summed E-state index contributed by atoms with van der Waals surface area (Å²) in [5.41, 5.74) is 1.36. The SMILES string of the molecule is CC/C=C/C=C(C)C. The molecule has 0 amide bonds. The second kappa shape index (κ2) is 4.63. The van der Waals surface area contributed by atoms with Crippen LogP contribution in [0.4, 0.5) is 0 Å². The molecular weight excluding hydrogens is 96.1 g/mol. The van der Waals surface area contributed by atoms with Gasteiger partial charge in [0.1, 0.15) is 0 Å². The molecule has 0 saturated heterocycles. The van der Waals surface area contributed by atoms with Gasteiger partial charge in [-0.1, -0.05) is 30.7 Å². The second-order valence-corrected chi connectivity index (χ2v) is 2.08. The fraction of sp³-hybridized carbons (Fsp3) is 0.500. The molecule has 0 saturated carbocycles. The lowest BCUT2D eigenvalue weighted by atomic mass is 10.3. The van der Waals surface area contributed by atoms with Gasteiger partial charge in [-0.3, -0.25) is 0 Å². The average Bonchev–Trinajstić information content (AvgIpc) is 1.66. The zero-order chi connectivity index (χ0) is 6.41. The van der Waals surface area contributed by atoms with Crippen LogP contribution in [0, 0.1) is 0 Å². The molecule has 0 nitrogen and oxygen atoms in total. The Morgan fingerprint density at radius 2 is 2.00 bits per heavy atom. The zero-order valence-corrected chi connectivity index (χ0v) is 5.94. The highest BCUT2D eigenvalue weighted by Gasteiger charge is 1.67. The van der Waals surface area contributed by atoms with Gasteiger partial charge in [-0.25, -0.2) is 0 Å². The summed E-state index contributed by atoms with van der Waals surface area (Å²) in [6.45, 7) is 6.33. The summed E-state index contributed by atoms with van der Waals surface area (Å²) in [5, 5.41) is 0. The van der Waals surface area contributed by atoms with E-state index < -0.39 is 0 Å². The summed E-state index contributed by atoms with van der Waals surface area (Å²) < 4.78 is 0. The minimum Gasteiger partial charge on any atom is -0.0848 e. The lowest BCUT2D eigenvalue weighted by Gasteiger charge is -1.80. The van der Waals surface area contributed by atoms with Crippen LogP contribution in [0.5, 0.6) is 0 Å². The Hall–Kier alpha value is -0.520. The van der Waals surface area contributed by atoms with Gasteiger partial charge < -0.3 is 0 Å².